The molecule has 4 rings (SSSR count). The molecule has 8 nitrogen and oxygen atoms in total. The third-order valence-electron chi connectivity index (χ3n) is 6.07. The highest BCUT2D eigenvalue weighted by atomic mass is 35.5. The van der Waals surface area contributed by atoms with Crippen LogP contribution in [0.15, 0.2) is 71.6 Å². The van der Waals surface area contributed by atoms with Gasteiger partial charge < -0.3 is 5.32 Å². The van der Waals surface area contributed by atoms with E-state index >= 15 is 0 Å². The van der Waals surface area contributed by atoms with Gasteiger partial charge in [-0.2, -0.15) is 0 Å². The number of hydrogen-bond donors (Lipinski definition) is 2. The number of carbonyl (C=O) groups is 1. The van der Waals surface area contributed by atoms with E-state index < -0.39 is 31.8 Å². The van der Waals surface area contributed by atoms with Gasteiger partial charge in [-0.25, -0.2) is 25.5 Å². The number of hydrogen-bond acceptors (Lipinski definition) is 5. The van der Waals surface area contributed by atoms with Crippen molar-refractivity contribution in [2.75, 3.05) is 23.1 Å². The van der Waals surface area contributed by atoms with Gasteiger partial charge in [0.05, 0.1) is 16.6 Å². The highest BCUT2D eigenvalue weighted by molar-refractivity contribution is 7.92. The first-order chi connectivity index (χ1) is 17.9. The van der Waals surface area contributed by atoms with E-state index in [0.29, 0.717) is 24.1 Å². The molecule has 1 aliphatic rings. The zero-order chi connectivity index (χ0) is 27.5. The summed E-state index contributed by atoms with van der Waals surface area (Å²) in [5, 5.41) is 3.24. The van der Waals surface area contributed by atoms with Gasteiger partial charge in [-0.15, -0.1) is 0 Å². The number of anilines is 2. The summed E-state index contributed by atoms with van der Waals surface area (Å²) in [7, 11) is -7.71. The molecule has 1 atom stereocenters. The first kappa shape index (κ1) is 28.3. The maximum Gasteiger partial charge on any atom is 0.261 e. The van der Waals surface area contributed by atoms with Crippen LogP contribution in [-0.4, -0.2) is 40.1 Å². The molecule has 1 fully saturated rings. The van der Waals surface area contributed by atoms with Gasteiger partial charge in [-0.3, -0.25) is 9.52 Å². The molecule has 38 heavy (non-hydrogen) atoms. The second kappa shape index (κ2) is 11.6. The number of nitrogens with zero attached hydrogens (tertiary/aromatic N) is 1. The molecule has 202 valence electrons. The predicted molar refractivity (Wildman–Crippen MR) is 146 cm³/mol. The van der Waals surface area contributed by atoms with E-state index in [-0.39, 0.29) is 45.4 Å². The summed E-state index contributed by atoms with van der Waals surface area (Å²) in [5.74, 6) is -1.83. The number of benzene rings is 3. The molecule has 0 aromatic heterocycles. The average molecular weight is 601 g/mol. The highest BCUT2D eigenvalue weighted by Gasteiger charge is 2.33. The minimum Gasteiger partial charge on any atom is -0.326 e. The lowest BCUT2D eigenvalue weighted by Crippen LogP contribution is -2.44. The van der Waals surface area contributed by atoms with E-state index in [1.54, 1.807) is 18.2 Å². The number of amides is 1. The molecule has 1 heterocycles. The Morgan fingerprint density at radius 1 is 0.921 bits per heavy atom. The van der Waals surface area contributed by atoms with Gasteiger partial charge in [0, 0.05) is 40.1 Å². The van der Waals surface area contributed by atoms with Gasteiger partial charge in [0.2, 0.25) is 15.9 Å². The maximum absolute atomic E-state index is 13.1. The molecular weight excluding hydrogens is 576 g/mol. The molecule has 0 bridgehead atoms. The Morgan fingerprint density at radius 2 is 1.53 bits per heavy atom. The third-order valence-corrected chi connectivity index (χ3v) is 9.94. The zero-order valence-electron chi connectivity index (χ0n) is 19.9. The first-order valence-corrected chi connectivity index (χ1v) is 15.4. The van der Waals surface area contributed by atoms with Crippen LogP contribution in [0.2, 0.25) is 10.0 Å². The van der Waals surface area contributed by atoms with Crippen LogP contribution in [-0.2, 0) is 30.6 Å². The second-order valence-electron chi connectivity index (χ2n) is 8.78. The van der Waals surface area contributed by atoms with E-state index in [1.807, 2.05) is 0 Å². The van der Waals surface area contributed by atoms with Crippen molar-refractivity contribution in [2.45, 2.75) is 23.5 Å². The van der Waals surface area contributed by atoms with E-state index in [1.165, 1.54) is 40.7 Å². The maximum atomic E-state index is 13.1. The summed E-state index contributed by atoms with van der Waals surface area (Å²) >= 11 is 12.3. The molecule has 1 saturated heterocycles. The van der Waals surface area contributed by atoms with E-state index in [9.17, 15) is 26.0 Å². The molecule has 0 saturated carbocycles. The van der Waals surface area contributed by atoms with Crippen molar-refractivity contribution in [3.63, 3.8) is 0 Å². The standard InChI is InChI=1S/C25H24Cl2FN3O5S2/c26-23-4-1-5-24(27)22(23)16-37(33,34)31-14-2-3-17(15-31)25(32)29-19-10-12-21(13-11-19)38(35,36)30-20-8-6-18(28)7-9-20/h1,4-13,17,30H,2-3,14-16H2,(H,29,32). The molecule has 0 spiro atoms. The van der Waals surface area contributed by atoms with Crippen molar-refractivity contribution < 1.29 is 26.0 Å². The van der Waals surface area contributed by atoms with Crippen LogP contribution in [0.25, 0.3) is 0 Å². The Morgan fingerprint density at radius 3 is 2.16 bits per heavy atom. The summed E-state index contributed by atoms with van der Waals surface area (Å²) < 4.78 is 68.0. The molecule has 1 amide bonds. The summed E-state index contributed by atoms with van der Waals surface area (Å²) in [6, 6.07) is 15.2. The average Bonchev–Trinajstić information content (AvgIpc) is 2.88. The van der Waals surface area contributed by atoms with Crippen molar-refractivity contribution in [2.24, 2.45) is 5.92 Å². The topological polar surface area (TPSA) is 113 Å². The number of rotatable bonds is 8. The second-order valence-corrected chi connectivity index (χ2v) is 13.2. The van der Waals surface area contributed by atoms with E-state index in [0.717, 1.165) is 12.1 Å². The quantitative estimate of drug-likeness (QED) is 0.373. The van der Waals surface area contributed by atoms with Crippen molar-refractivity contribution in [3.8, 4) is 0 Å². The number of piperidine rings is 1. The van der Waals surface area contributed by atoms with Crippen molar-refractivity contribution in [1.82, 2.24) is 4.31 Å². The molecule has 1 aliphatic heterocycles. The van der Waals surface area contributed by atoms with Gasteiger partial charge in [0.1, 0.15) is 5.82 Å². The number of sulfonamides is 2. The first-order valence-electron chi connectivity index (χ1n) is 11.5. The Bertz CT molecular complexity index is 1510. The lowest BCUT2D eigenvalue weighted by molar-refractivity contribution is -0.120. The molecule has 3 aromatic carbocycles. The van der Waals surface area contributed by atoms with Crippen LogP contribution in [0.5, 0.6) is 0 Å². The summed E-state index contributed by atoms with van der Waals surface area (Å²) in [6.45, 7) is 0.284. The van der Waals surface area contributed by atoms with Crippen molar-refractivity contribution in [1.29, 1.82) is 0 Å². The predicted octanol–water partition coefficient (Wildman–Crippen LogP) is 5.11. The minimum absolute atomic E-state index is 0.00426. The zero-order valence-corrected chi connectivity index (χ0v) is 23.0. The Labute approximate surface area is 230 Å². The Balaban J connectivity index is 1.39. The van der Waals surface area contributed by atoms with E-state index in [4.69, 9.17) is 23.2 Å². The number of halogens is 3. The number of nitrogens with one attached hydrogen (secondary N) is 2. The molecule has 3 aromatic rings. The largest absolute Gasteiger partial charge is 0.326 e. The fourth-order valence-electron chi connectivity index (χ4n) is 4.05. The SMILES string of the molecule is O=C(Nc1ccc(S(=O)(=O)Nc2ccc(F)cc2)cc1)C1CCCN(S(=O)(=O)Cc2c(Cl)cccc2Cl)C1. The molecular formula is C25H24Cl2FN3O5S2. The third kappa shape index (κ3) is 6.83. The van der Waals surface area contributed by atoms with Gasteiger partial charge in [0.15, 0.2) is 0 Å². The molecule has 13 heteroatoms. The van der Waals surface area contributed by atoms with Gasteiger partial charge in [-0.05, 0) is 73.5 Å². The summed E-state index contributed by atoms with van der Waals surface area (Å²) in [6.07, 6.45) is 0.999. The van der Waals surface area contributed by atoms with Crippen LogP contribution in [0, 0.1) is 11.7 Å². The lowest BCUT2D eigenvalue weighted by Gasteiger charge is -2.31. The normalized spacial score (nSPS) is 16.7. The van der Waals surface area contributed by atoms with Crippen LogP contribution < -0.4 is 10.0 Å². The van der Waals surface area contributed by atoms with Crippen molar-refractivity contribution >= 4 is 60.5 Å². The van der Waals surface area contributed by atoms with Crippen LogP contribution in [0.3, 0.4) is 0 Å². The lowest BCUT2D eigenvalue weighted by atomic mass is 9.99. The van der Waals surface area contributed by atoms with Crippen LogP contribution in [0.4, 0.5) is 15.8 Å². The molecule has 0 radical (unpaired) electrons. The van der Waals surface area contributed by atoms with Gasteiger partial charge >= 0.3 is 0 Å². The fraction of sp³-hybridized carbons (Fsp3) is 0.240. The van der Waals surface area contributed by atoms with Crippen molar-refractivity contribution in [3.05, 3.63) is 88.2 Å². The van der Waals surface area contributed by atoms with Crippen LogP contribution in [0.1, 0.15) is 18.4 Å². The summed E-state index contributed by atoms with van der Waals surface area (Å²) in [4.78, 5) is 12.9. The Hall–Kier alpha value is -2.70. The molecule has 2 N–H and O–H groups in total. The fourth-order valence-corrected chi connectivity index (χ4v) is 7.47. The molecule has 0 aliphatic carbocycles. The van der Waals surface area contributed by atoms with E-state index in [2.05, 4.69) is 10.0 Å². The summed E-state index contributed by atoms with van der Waals surface area (Å²) in [5.41, 5.74) is 0.877. The Kier molecular flexibility index (Phi) is 8.63. The highest BCUT2D eigenvalue weighted by Crippen LogP contribution is 2.29. The van der Waals surface area contributed by atoms with Crippen LogP contribution >= 0.6 is 23.2 Å². The van der Waals surface area contributed by atoms with Gasteiger partial charge in [0.25, 0.3) is 10.0 Å². The smallest absolute Gasteiger partial charge is 0.261 e. The molecule has 1 unspecified atom stereocenters. The monoisotopic (exact) mass is 599 g/mol. The number of carbonyl (C=O) groups excluding carboxylic acids is 1. The minimum atomic E-state index is -3.92. The van der Waals surface area contributed by atoms with Gasteiger partial charge in [-0.1, -0.05) is 29.3 Å².